The monoisotopic (exact) mass is 388 g/mol. The molecular formula is C23H29FO2S. The van der Waals surface area contributed by atoms with E-state index in [2.05, 4.69) is 18.4 Å². The molecule has 3 heterocycles. The van der Waals surface area contributed by atoms with Gasteiger partial charge in [0.1, 0.15) is 5.82 Å². The van der Waals surface area contributed by atoms with Gasteiger partial charge in [-0.3, -0.25) is 0 Å². The minimum absolute atomic E-state index is 0.0736. The summed E-state index contributed by atoms with van der Waals surface area (Å²) in [4.78, 5) is 1.51. The normalized spacial score (nSPS) is 28.1. The second-order valence-electron chi connectivity index (χ2n) is 8.28. The molecule has 0 aliphatic carbocycles. The average molecular weight is 389 g/mol. The summed E-state index contributed by atoms with van der Waals surface area (Å²) in [5.41, 5.74) is 2.62. The van der Waals surface area contributed by atoms with Crippen LogP contribution in [0.1, 0.15) is 54.5 Å². The number of aryl methyl sites for hydroxylation is 2. The van der Waals surface area contributed by atoms with Crippen molar-refractivity contribution in [2.24, 2.45) is 0 Å². The second kappa shape index (κ2) is 8.02. The third kappa shape index (κ3) is 4.13. The SMILES string of the molecule is Cc1ccsc1CCCCC1(c2ccc(F)cc2)CCOC2(CCOC2)C1. The maximum atomic E-state index is 13.5. The van der Waals surface area contributed by atoms with E-state index in [4.69, 9.17) is 9.47 Å². The minimum Gasteiger partial charge on any atom is -0.378 e. The molecule has 1 aromatic carbocycles. The summed E-state index contributed by atoms with van der Waals surface area (Å²) in [5, 5.41) is 2.19. The highest BCUT2D eigenvalue weighted by Gasteiger charge is 2.48. The lowest BCUT2D eigenvalue weighted by atomic mass is 9.65. The average Bonchev–Trinajstić information content (AvgIpc) is 3.28. The van der Waals surface area contributed by atoms with Crippen LogP contribution in [0, 0.1) is 12.7 Å². The van der Waals surface area contributed by atoms with Crippen molar-refractivity contribution in [3.63, 3.8) is 0 Å². The Kier molecular flexibility index (Phi) is 5.68. The van der Waals surface area contributed by atoms with Crippen molar-refractivity contribution >= 4 is 11.3 Å². The number of hydrogen-bond donors (Lipinski definition) is 0. The Morgan fingerprint density at radius 1 is 1.07 bits per heavy atom. The van der Waals surface area contributed by atoms with Crippen molar-refractivity contribution in [2.45, 2.75) is 62.9 Å². The van der Waals surface area contributed by atoms with Gasteiger partial charge in [-0.05, 0) is 73.7 Å². The Bertz CT molecular complexity index is 748. The predicted octanol–water partition coefficient (Wildman–Crippen LogP) is 5.82. The molecule has 4 heteroatoms. The molecule has 0 N–H and O–H groups in total. The first-order valence-electron chi connectivity index (χ1n) is 10.1. The van der Waals surface area contributed by atoms with Crippen LogP contribution in [-0.2, 0) is 21.3 Å². The largest absolute Gasteiger partial charge is 0.378 e. The van der Waals surface area contributed by atoms with E-state index in [-0.39, 0.29) is 16.8 Å². The predicted molar refractivity (Wildman–Crippen MR) is 108 cm³/mol. The van der Waals surface area contributed by atoms with Crippen LogP contribution in [0.25, 0.3) is 0 Å². The lowest BCUT2D eigenvalue weighted by Crippen LogP contribution is -2.48. The molecule has 2 aliphatic heterocycles. The molecule has 0 radical (unpaired) electrons. The molecule has 2 nitrogen and oxygen atoms in total. The van der Waals surface area contributed by atoms with Crippen LogP contribution in [0.3, 0.4) is 0 Å². The Hall–Kier alpha value is -1.23. The first-order valence-corrected chi connectivity index (χ1v) is 11.0. The number of benzene rings is 1. The highest BCUT2D eigenvalue weighted by molar-refractivity contribution is 7.10. The Labute approximate surface area is 165 Å². The van der Waals surface area contributed by atoms with Gasteiger partial charge in [0.05, 0.1) is 12.2 Å². The fourth-order valence-electron chi connectivity index (χ4n) is 4.88. The van der Waals surface area contributed by atoms with Crippen molar-refractivity contribution in [3.05, 3.63) is 57.5 Å². The molecule has 0 saturated carbocycles. The zero-order valence-electron chi connectivity index (χ0n) is 16.1. The molecule has 2 aromatic rings. The molecule has 2 saturated heterocycles. The summed E-state index contributed by atoms with van der Waals surface area (Å²) in [6.45, 7) is 4.46. The molecule has 27 heavy (non-hydrogen) atoms. The van der Waals surface area contributed by atoms with Crippen molar-refractivity contribution in [1.82, 2.24) is 0 Å². The van der Waals surface area contributed by atoms with Gasteiger partial charge >= 0.3 is 0 Å². The minimum atomic E-state index is -0.159. The number of thiophene rings is 1. The molecule has 146 valence electrons. The van der Waals surface area contributed by atoms with E-state index in [0.717, 1.165) is 45.3 Å². The van der Waals surface area contributed by atoms with Gasteiger partial charge < -0.3 is 9.47 Å². The van der Waals surface area contributed by atoms with Crippen LogP contribution < -0.4 is 0 Å². The van der Waals surface area contributed by atoms with Crippen LogP contribution >= 0.6 is 11.3 Å². The van der Waals surface area contributed by atoms with E-state index < -0.39 is 0 Å². The standard InChI is InChI=1S/C23H29FO2S/c1-18-9-15-27-21(18)4-2-3-10-22(19-5-7-20(24)8-6-19)11-14-26-23(16-22)12-13-25-17-23/h5-9,15H,2-4,10-14,16-17H2,1H3. The molecular weight excluding hydrogens is 359 g/mol. The van der Waals surface area contributed by atoms with Crippen molar-refractivity contribution in [2.75, 3.05) is 19.8 Å². The summed E-state index contributed by atoms with van der Waals surface area (Å²) in [7, 11) is 0. The highest BCUT2D eigenvalue weighted by atomic mass is 32.1. The maximum absolute atomic E-state index is 13.5. The van der Waals surface area contributed by atoms with Gasteiger partial charge in [-0.15, -0.1) is 11.3 Å². The number of halogens is 1. The molecule has 2 fully saturated rings. The van der Waals surface area contributed by atoms with Gasteiger partial charge in [0, 0.05) is 29.9 Å². The Morgan fingerprint density at radius 3 is 2.63 bits per heavy atom. The van der Waals surface area contributed by atoms with Gasteiger partial charge in [-0.25, -0.2) is 4.39 Å². The number of rotatable bonds is 6. The first kappa shape index (κ1) is 19.1. The quantitative estimate of drug-likeness (QED) is 0.581. The lowest BCUT2D eigenvalue weighted by molar-refractivity contribution is -0.108. The van der Waals surface area contributed by atoms with Gasteiger partial charge in [0.15, 0.2) is 0 Å². The third-order valence-electron chi connectivity index (χ3n) is 6.45. The van der Waals surface area contributed by atoms with Crippen LogP contribution in [0.15, 0.2) is 35.7 Å². The number of ether oxygens (including phenoxy) is 2. The first-order chi connectivity index (χ1) is 13.1. The van der Waals surface area contributed by atoms with Crippen LogP contribution in [0.4, 0.5) is 4.39 Å². The van der Waals surface area contributed by atoms with Crippen molar-refractivity contribution < 1.29 is 13.9 Å². The highest BCUT2D eigenvalue weighted by Crippen LogP contribution is 2.47. The van der Waals surface area contributed by atoms with E-state index in [1.54, 1.807) is 12.1 Å². The van der Waals surface area contributed by atoms with E-state index >= 15 is 0 Å². The van der Waals surface area contributed by atoms with E-state index in [1.807, 2.05) is 23.5 Å². The maximum Gasteiger partial charge on any atom is 0.123 e. The van der Waals surface area contributed by atoms with E-state index in [0.29, 0.717) is 6.61 Å². The Balaban J connectivity index is 1.49. The fourth-order valence-corrected chi connectivity index (χ4v) is 5.83. The zero-order valence-corrected chi connectivity index (χ0v) is 17.0. The summed E-state index contributed by atoms with van der Waals surface area (Å²) >= 11 is 1.87. The summed E-state index contributed by atoms with van der Waals surface area (Å²) in [5.74, 6) is -0.159. The molecule has 4 rings (SSSR count). The number of unbranched alkanes of at least 4 members (excludes halogenated alkanes) is 1. The van der Waals surface area contributed by atoms with Crippen molar-refractivity contribution in [3.8, 4) is 0 Å². The fraction of sp³-hybridized carbons (Fsp3) is 0.565. The number of hydrogen-bond acceptors (Lipinski definition) is 3. The zero-order chi connectivity index (χ0) is 18.7. The topological polar surface area (TPSA) is 18.5 Å². The second-order valence-corrected chi connectivity index (χ2v) is 9.28. The van der Waals surface area contributed by atoms with Gasteiger partial charge in [0.2, 0.25) is 0 Å². The van der Waals surface area contributed by atoms with Crippen LogP contribution in [-0.4, -0.2) is 25.4 Å². The van der Waals surface area contributed by atoms with Gasteiger partial charge in [-0.1, -0.05) is 18.6 Å². The third-order valence-corrected chi connectivity index (χ3v) is 7.53. The molecule has 2 atom stereocenters. The van der Waals surface area contributed by atoms with Gasteiger partial charge in [-0.2, -0.15) is 0 Å². The molecule has 2 aliphatic rings. The van der Waals surface area contributed by atoms with Crippen LogP contribution in [0.2, 0.25) is 0 Å². The summed E-state index contributed by atoms with van der Waals surface area (Å²) in [6.07, 6.45) is 7.66. The lowest BCUT2D eigenvalue weighted by Gasteiger charge is -2.46. The Morgan fingerprint density at radius 2 is 1.93 bits per heavy atom. The van der Waals surface area contributed by atoms with Crippen LogP contribution in [0.5, 0.6) is 0 Å². The summed E-state index contributed by atoms with van der Waals surface area (Å²) in [6, 6.07) is 9.42. The van der Waals surface area contributed by atoms with Gasteiger partial charge in [0.25, 0.3) is 0 Å². The molecule has 0 bridgehead atoms. The molecule has 1 aromatic heterocycles. The molecule has 1 spiro atoms. The molecule has 0 amide bonds. The van der Waals surface area contributed by atoms with E-state index in [9.17, 15) is 4.39 Å². The smallest absolute Gasteiger partial charge is 0.123 e. The molecule has 2 unspecified atom stereocenters. The van der Waals surface area contributed by atoms with E-state index in [1.165, 1.54) is 28.8 Å². The summed E-state index contributed by atoms with van der Waals surface area (Å²) < 4.78 is 25.4. The van der Waals surface area contributed by atoms with Crippen molar-refractivity contribution in [1.29, 1.82) is 0 Å².